The van der Waals surface area contributed by atoms with E-state index in [-0.39, 0.29) is 11.6 Å². The van der Waals surface area contributed by atoms with Crippen LogP contribution in [0.15, 0.2) is 77.8 Å². The lowest BCUT2D eigenvalue weighted by atomic mass is 10.0. The molecule has 0 aliphatic carbocycles. The van der Waals surface area contributed by atoms with Crippen LogP contribution in [0, 0.1) is 11.6 Å². The lowest BCUT2D eigenvalue weighted by molar-refractivity contribution is 0.627. The zero-order chi connectivity index (χ0) is 16.2. The molecule has 0 saturated carbocycles. The van der Waals surface area contributed by atoms with Crippen molar-refractivity contribution < 1.29 is 8.78 Å². The molecule has 3 rings (SSSR count). The first-order chi connectivity index (χ1) is 11.1. The summed E-state index contributed by atoms with van der Waals surface area (Å²) in [5.74, 6) is -0.639. The third kappa shape index (κ3) is 3.61. The van der Waals surface area contributed by atoms with Crippen molar-refractivity contribution in [2.24, 2.45) is 4.99 Å². The van der Waals surface area contributed by atoms with E-state index in [9.17, 15) is 8.78 Å². The van der Waals surface area contributed by atoms with Gasteiger partial charge in [0.25, 0.3) is 0 Å². The van der Waals surface area contributed by atoms with Gasteiger partial charge in [0.15, 0.2) is 0 Å². The van der Waals surface area contributed by atoms with E-state index < -0.39 is 0 Å². The Labute approximate surface area is 132 Å². The van der Waals surface area contributed by atoms with Crippen molar-refractivity contribution in [2.45, 2.75) is 0 Å². The zero-order valence-corrected chi connectivity index (χ0v) is 12.2. The van der Waals surface area contributed by atoms with Gasteiger partial charge >= 0.3 is 0 Å². The molecule has 0 radical (unpaired) electrons. The van der Waals surface area contributed by atoms with Gasteiger partial charge in [0.2, 0.25) is 0 Å². The molecule has 0 amide bonds. The van der Waals surface area contributed by atoms with Gasteiger partial charge in [0.1, 0.15) is 11.6 Å². The first kappa shape index (κ1) is 14.9. The number of nitrogens with two attached hydrogens (primary N) is 1. The Bertz CT molecular complexity index is 773. The second kappa shape index (κ2) is 6.40. The van der Waals surface area contributed by atoms with E-state index in [1.807, 2.05) is 0 Å². The molecule has 0 spiro atoms. The van der Waals surface area contributed by atoms with Gasteiger partial charge in [-0.05, 0) is 72.8 Å². The second-order valence-corrected chi connectivity index (χ2v) is 5.07. The molecule has 0 atom stereocenters. The van der Waals surface area contributed by atoms with Crippen LogP contribution in [-0.4, -0.2) is 5.71 Å². The molecule has 0 saturated heterocycles. The van der Waals surface area contributed by atoms with Crippen molar-refractivity contribution in [1.29, 1.82) is 0 Å². The highest BCUT2D eigenvalue weighted by atomic mass is 19.1. The minimum Gasteiger partial charge on any atom is -0.399 e. The van der Waals surface area contributed by atoms with Gasteiger partial charge in [-0.25, -0.2) is 13.8 Å². The summed E-state index contributed by atoms with van der Waals surface area (Å²) in [5.41, 5.74) is 9.16. The van der Waals surface area contributed by atoms with E-state index in [2.05, 4.69) is 4.99 Å². The average Bonchev–Trinajstić information content (AvgIpc) is 2.56. The molecule has 0 heterocycles. The first-order valence-corrected chi connectivity index (χ1v) is 7.08. The fourth-order valence-corrected chi connectivity index (χ4v) is 2.19. The number of nitrogens with zero attached hydrogens (tertiary/aromatic N) is 1. The number of hydrogen-bond donors (Lipinski definition) is 1. The van der Waals surface area contributed by atoms with Crippen LogP contribution in [0.4, 0.5) is 20.2 Å². The predicted octanol–water partition coefficient (Wildman–Crippen LogP) is 4.72. The number of aliphatic imine (C=N–C) groups is 1. The van der Waals surface area contributed by atoms with Gasteiger partial charge in [-0.15, -0.1) is 0 Å². The molecule has 0 aromatic heterocycles. The van der Waals surface area contributed by atoms with Gasteiger partial charge < -0.3 is 5.73 Å². The molecule has 2 nitrogen and oxygen atoms in total. The van der Waals surface area contributed by atoms with Crippen LogP contribution >= 0.6 is 0 Å². The van der Waals surface area contributed by atoms with Crippen LogP contribution in [-0.2, 0) is 0 Å². The lowest BCUT2D eigenvalue weighted by Gasteiger charge is -2.08. The summed E-state index contributed by atoms with van der Waals surface area (Å²) < 4.78 is 26.3. The summed E-state index contributed by atoms with van der Waals surface area (Å²) in [6, 6.07) is 19.2. The normalized spacial score (nSPS) is 10.3. The maximum Gasteiger partial charge on any atom is 0.123 e. The van der Waals surface area contributed by atoms with Crippen LogP contribution in [0.3, 0.4) is 0 Å². The highest BCUT2D eigenvalue weighted by Crippen LogP contribution is 2.20. The molecule has 2 N–H and O–H groups in total. The average molecular weight is 308 g/mol. The van der Waals surface area contributed by atoms with Crippen molar-refractivity contribution >= 4 is 17.1 Å². The Morgan fingerprint density at radius 3 is 1.52 bits per heavy atom. The fraction of sp³-hybridized carbons (Fsp3) is 0. The highest BCUT2D eigenvalue weighted by Gasteiger charge is 2.08. The number of hydrogen-bond acceptors (Lipinski definition) is 2. The summed E-state index contributed by atoms with van der Waals surface area (Å²) in [5, 5.41) is 0. The SMILES string of the molecule is Nc1ccc(N=C(c2ccc(F)cc2)c2ccc(F)cc2)cc1. The van der Waals surface area contributed by atoms with Gasteiger partial charge in [0.05, 0.1) is 11.4 Å². The number of halogens is 2. The Morgan fingerprint density at radius 1 is 0.652 bits per heavy atom. The maximum atomic E-state index is 13.2. The quantitative estimate of drug-likeness (QED) is 0.552. The minimum absolute atomic E-state index is 0.320. The lowest BCUT2D eigenvalue weighted by Crippen LogP contribution is -2.03. The molecule has 0 aliphatic heterocycles. The number of anilines is 1. The van der Waals surface area contributed by atoms with Crippen LogP contribution < -0.4 is 5.73 Å². The Kier molecular flexibility index (Phi) is 4.15. The van der Waals surface area contributed by atoms with Crippen LogP contribution in [0.25, 0.3) is 0 Å². The van der Waals surface area contributed by atoms with Crippen LogP contribution in [0.5, 0.6) is 0 Å². The first-order valence-electron chi connectivity index (χ1n) is 7.08. The molecule has 0 aliphatic rings. The van der Waals surface area contributed by atoms with Gasteiger partial charge in [0, 0.05) is 16.8 Å². The van der Waals surface area contributed by atoms with Crippen molar-refractivity contribution in [2.75, 3.05) is 5.73 Å². The molecule has 3 aromatic rings. The van der Waals surface area contributed by atoms with Crippen LogP contribution in [0.1, 0.15) is 11.1 Å². The van der Waals surface area contributed by atoms with E-state index >= 15 is 0 Å². The maximum absolute atomic E-state index is 13.2. The standard InChI is InChI=1S/C19H14F2N2/c20-15-5-1-13(2-6-15)19(14-3-7-16(21)8-4-14)23-18-11-9-17(22)10-12-18/h1-12H,22H2. The molecule has 23 heavy (non-hydrogen) atoms. The van der Waals surface area contributed by atoms with Gasteiger partial charge in [-0.3, -0.25) is 0 Å². The Hall–Kier alpha value is -3.01. The topological polar surface area (TPSA) is 38.4 Å². The second-order valence-electron chi connectivity index (χ2n) is 5.07. The summed E-state index contributed by atoms with van der Waals surface area (Å²) in [6.45, 7) is 0. The minimum atomic E-state index is -0.320. The molecule has 3 aromatic carbocycles. The molecule has 0 fully saturated rings. The van der Waals surface area contributed by atoms with E-state index in [0.717, 1.165) is 11.1 Å². The largest absolute Gasteiger partial charge is 0.399 e. The van der Waals surface area contributed by atoms with Crippen molar-refractivity contribution in [3.8, 4) is 0 Å². The molecular formula is C19H14F2N2. The molecule has 4 heteroatoms. The van der Waals surface area contributed by atoms with E-state index in [1.165, 1.54) is 24.3 Å². The fourth-order valence-electron chi connectivity index (χ4n) is 2.19. The molecule has 0 unspecified atom stereocenters. The summed E-state index contributed by atoms with van der Waals surface area (Å²) in [4.78, 5) is 4.62. The molecular weight excluding hydrogens is 294 g/mol. The summed E-state index contributed by atoms with van der Waals surface area (Å²) >= 11 is 0. The Balaban J connectivity index is 2.10. The molecule has 114 valence electrons. The van der Waals surface area contributed by atoms with Crippen molar-refractivity contribution in [1.82, 2.24) is 0 Å². The monoisotopic (exact) mass is 308 g/mol. The summed E-state index contributed by atoms with van der Waals surface area (Å²) in [6.07, 6.45) is 0. The number of rotatable bonds is 3. The van der Waals surface area contributed by atoms with E-state index in [0.29, 0.717) is 17.1 Å². The van der Waals surface area contributed by atoms with E-state index in [1.54, 1.807) is 48.5 Å². The van der Waals surface area contributed by atoms with E-state index in [4.69, 9.17) is 5.73 Å². The number of nitrogen functional groups attached to an aromatic ring is 1. The van der Waals surface area contributed by atoms with Crippen LogP contribution in [0.2, 0.25) is 0 Å². The van der Waals surface area contributed by atoms with Gasteiger partial charge in [-0.2, -0.15) is 0 Å². The van der Waals surface area contributed by atoms with Gasteiger partial charge in [-0.1, -0.05) is 0 Å². The third-order valence-corrected chi connectivity index (χ3v) is 3.37. The zero-order valence-electron chi connectivity index (χ0n) is 12.2. The highest BCUT2D eigenvalue weighted by molar-refractivity contribution is 6.13. The van der Waals surface area contributed by atoms with Crippen molar-refractivity contribution in [3.63, 3.8) is 0 Å². The smallest absolute Gasteiger partial charge is 0.123 e. The summed E-state index contributed by atoms with van der Waals surface area (Å²) in [7, 11) is 0. The predicted molar refractivity (Wildman–Crippen MR) is 89.0 cm³/mol. The third-order valence-electron chi connectivity index (χ3n) is 3.37. The van der Waals surface area contributed by atoms with Crippen molar-refractivity contribution in [3.05, 3.63) is 95.6 Å². The molecule has 0 bridgehead atoms. The number of benzene rings is 3. The Morgan fingerprint density at radius 2 is 1.09 bits per heavy atom.